The first-order valence-electron chi connectivity index (χ1n) is 3.67. The van der Waals surface area contributed by atoms with E-state index in [9.17, 15) is 4.79 Å². The predicted octanol–water partition coefficient (Wildman–Crippen LogP) is 2.39. The van der Waals surface area contributed by atoms with Crippen LogP contribution in [0, 0.1) is 0 Å². The van der Waals surface area contributed by atoms with Crippen molar-refractivity contribution in [1.82, 2.24) is 0 Å². The molecule has 0 spiro atoms. The van der Waals surface area contributed by atoms with Crippen molar-refractivity contribution in [2.45, 2.75) is 32.6 Å². The molecule has 0 aliphatic rings. The van der Waals surface area contributed by atoms with Crippen molar-refractivity contribution in [2.24, 2.45) is 4.99 Å². The van der Waals surface area contributed by atoms with Gasteiger partial charge in [-0.15, -0.1) is 0 Å². The molecular formula is C8H11NOS. The molecule has 0 aliphatic heterocycles. The predicted molar refractivity (Wildman–Crippen MR) is 48.4 cm³/mol. The maximum atomic E-state index is 9.81. The average molecular weight is 169 g/mol. The van der Waals surface area contributed by atoms with E-state index >= 15 is 0 Å². The third-order valence-corrected chi connectivity index (χ3v) is 1.55. The molecule has 0 aromatic rings. The first-order chi connectivity index (χ1) is 5.35. The minimum absolute atomic E-state index is 0.545. The summed E-state index contributed by atoms with van der Waals surface area (Å²) in [6.45, 7) is 2.11. The van der Waals surface area contributed by atoms with Crippen LogP contribution in [0.2, 0.25) is 0 Å². The molecule has 0 saturated heterocycles. The fraction of sp³-hybridized carbons (Fsp3) is 0.625. The zero-order valence-corrected chi connectivity index (χ0v) is 7.41. The van der Waals surface area contributed by atoms with Crippen molar-refractivity contribution >= 4 is 23.3 Å². The first-order valence-corrected chi connectivity index (χ1v) is 4.07. The lowest BCUT2D eigenvalue weighted by atomic mass is 10.2. The van der Waals surface area contributed by atoms with Gasteiger partial charge in [0, 0.05) is 0 Å². The zero-order valence-electron chi connectivity index (χ0n) is 6.59. The number of isocyanates is 1. The number of hydrogen-bond acceptors (Lipinski definition) is 3. The summed E-state index contributed by atoms with van der Waals surface area (Å²) in [5, 5.41) is 2.43. The molecule has 3 heteroatoms. The van der Waals surface area contributed by atoms with E-state index in [2.05, 4.69) is 29.2 Å². The quantitative estimate of drug-likeness (QED) is 0.274. The maximum absolute atomic E-state index is 9.81. The number of hydrogen-bond donors (Lipinski definition) is 0. The monoisotopic (exact) mass is 169 g/mol. The van der Waals surface area contributed by atoms with Crippen LogP contribution in [0.5, 0.6) is 0 Å². The number of carbonyl (C=O) groups excluding carboxylic acids is 1. The number of unbranched alkanes of at least 4 members (excludes halogenated alkanes) is 2. The fourth-order valence-corrected chi connectivity index (χ4v) is 0.875. The molecule has 0 N–H and O–H groups in total. The summed E-state index contributed by atoms with van der Waals surface area (Å²) in [5.74, 6) is 0. The first kappa shape index (κ1) is 10.2. The Balaban J connectivity index is 3.72. The Morgan fingerprint density at radius 2 is 2.27 bits per heavy atom. The summed E-state index contributed by atoms with van der Waals surface area (Å²) in [4.78, 5) is 13.2. The van der Waals surface area contributed by atoms with E-state index in [0.29, 0.717) is 5.70 Å². The topological polar surface area (TPSA) is 29.4 Å². The van der Waals surface area contributed by atoms with Gasteiger partial charge in [-0.3, -0.25) is 0 Å². The Kier molecular flexibility index (Phi) is 6.86. The van der Waals surface area contributed by atoms with Crippen molar-refractivity contribution in [1.29, 1.82) is 0 Å². The third-order valence-electron chi connectivity index (χ3n) is 1.32. The number of allylic oxidation sites excluding steroid dienone is 1. The molecule has 0 aromatic heterocycles. The van der Waals surface area contributed by atoms with E-state index in [-0.39, 0.29) is 0 Å². The Morgan fingerprint density at radius 1 is 1.55 bits per heavy atom. The largest absolute Gasteiger partial charge is 0.240 e. The average Bonchev–Trinajstić information content (AvgIpc) is 2.03. The number of thiocarbonyl (C=S) groups is 1. The highest BCUT2D eigenvalue weighted by Crippen LogP contribution is 2.06. The molecule has 0 heterocycles. The minimum Gasteiger partial charge on any atom is -0.211 e. The molecule has 0 aromatic carbocycles. The number of aliphatic imine (C=N–C) groups is 1. The normalized spacial score (nSPS) is 8.09. The minimum atomic E-state index is 0.545. The fourth-order valence-electron chi connectivity index (χ4n) is 0.727. The third kappa shape index (κ3) is 5.68. The summed E-state index contributed by atoms with van der Waals surface area (Å²) in [7, 11) is 0. The molecule has 0 aliphatic carbocycles. The van der Waals surface area contributed by atoms with Gasteiger partial charge in [0.1, 0.15) is 5.70 Å². The van der Waals surface area contributed by atoms with Crippen molar-refractivity contribution in [2.75, 3.05) is 0 Å². The number of rotatable bonds is 5. The van der Waals surface area contributed by atoms with Gasteiger partial charge < -0.3 is 0 Å². The van der Waals surface area contributed by atoms with Gasteiger partial charge >= 0.3 is 0 Å². The smallest absolute Gasteiger partial charge is 0.211 e. The summed E-state index contributed by atoms with van der Waals surface area (Å²) in [6, 6.07) is 0. The Labute approximate surface area is 72.0 Å². The maximum Gasteiger partial charge on any atom is 0.240 e. The molecule has 0 saturated carbocycles. The number of nitrogens with zero attached hydrogens (tertiary/aromatic N) is 1. The lowest BCUT2D eigenvalue weighted by Crippen LogP contribution is -1.80. The molecule has 0 rings (SSSR count). The lowest BCUT2D eigenvalue weighted by Gasteiger charge is -1.93. The van der Waals surface area contributed by atoms with Gasteiger partial charge in [0.25, 0.3) is 0 Å². The van der Waals surface area contributed by atoms with E-state index in [1.54, 1.807) is 0 Å². The highest BCUT2D eigenvalue weighted by Gasteiger charge is 1.92. The van der Waals surface area contributed by atoms with Crippen LogP contribution < -0.4 is 0 Å². The second kappa shape index (κ2) is 7.36. The van der Waals surface area contributed by atoms with Crippen LogP contribution in [0.4, 0.5) is 0 Å². The van der Waals surface area contributed by atoms with Gasteiger partial charge in [0.05, 0.1) is 0 Å². The van der Waals surface area contributed by atoms with E-state index in [4.69, 9.17) is 0 Å². The van der Waals surface area contributed by atoms with E-state index in [1.165, 1.54) is 6.08 Å². The molecule has 60 valence electrons. The van der Waals surface area contributed by atoms with Crippen LogP contribution in [-0.2, 0) is 4.79 Å². The zero-order chi connectivity index (χ0) is 8.53. The van der Waals surface area contributed by atoms with Crippen LogP contribution in [0.3, 0.4) is 0 Å². The molecule has 0 fully saturated rings. The van der Waals surface area contributed by atoms with Crippen molar-refractivity contribution in [3.05, 3.63) is 5.70 Å². The molecular weight excluding hydrogens is 158 g/mol. The highest BCUT2D eigenvalue weighted by molar-refractivity contribution is 7.78. The van der Waals surface area contributed by atoms with Crippen molar-refractivity contribution in [3.8, 4) is 0 Å². The highest BCUT2D eigenvalue weighted by atomic mass is 32.1. The van der Waals surface area contributed by atoms with Gasteiger partial charge in [0.15, 0.2) is 0 Å². The van der Waals surface area contributed by atoms with Gasteiger partial charge in [-0.2, -0.15) is 4.99 Å². The molecule has 11 heavy (non-hydrogen) atoms. The molecule has 2 nitrogen and oxygen atoms in total. The van der Waals surface area contributed by atoms with E-state index in [1.807, 2.05) is 0 Å². The SMILES string of the molecule is CCCCCC(=C=S)N=C=O. The van der Waals surface area contributed by atoms with Gasteiger partial charge in [-0.25, -0.2) is 4.79 Å². The summed E-state index contributed by atoms with van der Waals surface area (Å²) >= 11 is 4.53. The molecule has 0 bridgehead atoms. The van der Waals surface area contributed by atoms with Gasteiger partial charge in [-0.05, 0) is 30.1 Å². The van der Waals surface area contributed by atoms with Crippen molar-refractivity contribution < 1.29 is 4.79 Å². The lowest BCUT2D eigenvalue weighted by molar-refractivity contribution is 0.564. The second-order valence-electron chi connectivity index (χ2n) is 2.21. The Bertz CT molecular complexity index is 200. The Hall–Kier alpha value is -0.750. The van der Waals surface area contributed by atoms with Gasteiger partial charge in [0.2, 0.25) is 6.08 Å². The van der Waals surface area contributed by atoms with Crippen LogP contribution in [-0.4, -0.2) is 11.1 Å². The van der Waals surface area contributed by atoms with Gasteiger partial charge in [-0.1, -0.05) is 19.8 Å². The molecule has 0 amide bonds. The molecule has 0 radical (unpaired) electrons. The standard InChI is InChI=1S/C8H11NOS/c1-2-3-4-5-8(6-11)9-7-10/h2-5H2,1H3. The van der Waals surface area contributed by atoms with Crippen LogP contribution in [0.25, 0.3) is 0 Å². The summed E-state index contributed by atoms with van der Waals surface area (Å²) < 4.78 is 0. The van der Waals surface area contributed by atoms with E-state index < -0.39 is 0 Å². The van der Waals surface area contributed by atoms with Crippen molar-refractivity contribution in [3.63, 3.8) is 0 Å². The van der Waals surface area contributed by atoms with Crippen LogP contribution >= 0.6 is 12.2 Å². The molecule has 0 atom stereocenters. The second-order valence-corrected chi connectivity index (χ2v) is 2.41. The summed E-state index contributed by atoms with van der Waals surface area (Å²) in [6.07, 6.45) is 5.49. The summed E-state index contributed by atoms with van der Waals surface area (Å²) in [5.41, 5.74) is 0.545. The Morgan fingerprint density at radius 3 is 2.73 bits per heavy atom. The molecule has 0 unspecified atom stereocenters. The van der Waals surface area contributed by atoms with E-state index in [0.717, 1.165) is 25.7 Å². The van der Waals surface area contributed by atoms with Crippen LogP contribution in [0.15, 0.2) is 10.7 Å². The van der Waals surface area contributed by atoms with Crippen LogP contribution in [0.1, 0.15) is 32.6 Å².